The number of ether oxygens (including phenoxy) is 1. The molecule has 6 nitrogen and oxygen atoms in total. The third-order valence-electron chi connectivity index (χ3n) is 5.27. The Kier molecular flexibility index (Phi) is 5.99. The predicted octanol–water partition coefficient (Wildman–Crippen LogP) is 3.10. The number of aromatic nitrogens is 2. The van der Waals surface area contributed by atoms with E-state index in [4.69, 9.17) is 10.5 Å². The average Bonchev–Trinajstić information content (AvgIpc) is 3.04. The summed E-state index contributed by atoms with van der Waals surface area (Å²) in [7, 11) is 0. The summed E-state index contributed by atoms with van der Waals surface area (Å²) in [5, 5.41) is 3.09. The van der Waals surface area contributed by atoms with Crippen LogP contribution in [0.5, 0.6) is 5.75 Å². The fraction of sp³-hybridized carbons (Fsp3) is 0.364. The van der Waals surface area contributed by atoms with E-state index in [1.54, 1.807) is 0 Å². The summed E-state index contributed by atoms with van der Waals surface area (Å²) in [5.41, 5.74) is 7.20. The minimum Gasteiger partial charge on any atom is -0.486 e. The SMILES string of the molecule is CC(C)C(C)(CN)NC(=O)Cn1c(COc2ccccc2)nc2ccccc21. The molecule has 148 valence electrons. The summed E-state index contributed by atoms with van der Waals surface area (Å²) >= 11 is 0. The van der Waals surface area contributed by atoms with Crippen molar-refractivity contribution in [1.29, 1.82) is 0 Å². The van der Waals surface area contributed by atoms with E-state index in [2.05, 4.69) is 24.1 Å². The van der Waals surface area contributed by atoms with Crippen LogP contribution in [0.15, 0.2) is 54.6 Å². The fourth-order valence-corrected chi connectivity index (χ4v) is 3.01. The Bertz CT molecular complexity index is 936. The number of nitrogens with two attached hydrogens (primary N) is 1. The lowest BCUT2D eigenvalue weighted by molar-refractivity contribution is -0.123. The van der Waals surface area contributed by atoms with Crippen LogP contribution in [0.3, 0.4) is 0 Å². The van der Waals surface area contributed by atoms with Gasteiger partial charge in [0.15, 0.2) is 0 Å². The molecule has 1 unspecified atom stereocenters. The lowest BCUT2D eigenvalue weighted by Crippen LogP contribution is -2.55. The first-order valence-electron chi connectivity index (χ1n) is 9.56. The molecular weight excluding hydrogens is 352 g/mol. The number of rotatable bonds is 8. The topological polar surface area (TPSA) is 82.2 Å². The molecule has 1 atom stereocenters. The lowest BCUT2D eigenvalue weighted by Gasteiger charge is -2.33. The van der Waals surface area contributed by atoms with E-state index >= 15 is 0 Å². The van der Waals surface area contributed by atoms with Crippen LogP contribution in [-0.2, 0) is 17.9 Å². The molecule has 0 aliphatic heterocycles. The van der Waals surface area contributed by atoms with E-state index in [-0.39, 0.29) is 25.0 Å². The molecule has 2 aromatic carbocycles. The number of para-hydroxylation sites is 3. The Morgan fingerprint density at radius 3 is 2.54 bits per heavy atom. The largest absolute Gasteiger partial charge is 0.486 e. The standard InChI is InChI=1S/C22H28N4O2/c1-16(2)22(3,15-23)25-21(27)13-26-19-12-8-7-11-18(19)24-20(26)14-28-17-9-5-4-6-10-17/h4-12,16H,13-15,23H2,1-3H3,(H,25,27). The van der Waals surface area contributed by atoms with E-state index < -0.39 is 5.54 Å². The Balaban J connectivity index is 1.83. The lowest BCUT2D eigenvalue weighted by atomic mass is 9.88. The molecule has 6 heteroatoms. The van der Waals surface area contributed by atoms with Crippen molar-refractivity contribution < 1.29 is 9.53 Å². The van der Waals surface area contributed by atoms with E-state index in [0.29, 0.717) is 12.4 Å². The Morgan fingerprint density at radius 1 is 1.18 bits per heavy atom. The zero-order valence-corrected chi connectivity index (χ0v) is 16.7. The second-order valence-corrected chi connectivity index (χ2v) is 7.53. The van der Waals surface area contributed by atoms with Crippen molar-refractivity contribution in [2.45, 2.75) is 39.5 Å². The van der Waals surface area contributed by atoms with Crippen molar-refractivity contribution in [3.8, 4) is 5.75 Å². The van der Waals surface area contributed by atoms with Crippen LogP contribution in [0.4, 0.5) is 0 Å². The molecule has 3 rings (SSSR count). The van der Waals surface area contributed by atoms with Gasteiger partial charge in [-0.25, -0.2) is 4.98 Å². The highest BCUT2D eigenvalue weighted by molar-refractivity contribution is 5.81. The van der Waals surface area contributed by atoms with E-state index in [0.717, 1.165) is 16.8 Å². The first-order chi connectivity index (χ1) is 13.4. The van der Waals surface area contributed by atoms with E-state index in [1.807, 2.05) is 66.1 Å². The van der Waals surface area contributed by atoms with Gasteiger partial charge < -0.3 is 20.4 Å². The summed E-state index contributed by atoms with van der Waals surface area (Å²) in [6.07, 6.45) is 0. The summed E-state index contributed by atoms with van der Waals surface area (Å²) in [6, 6.07) is 17.4. The average molecular weight is 380 g/mol. The molecule has 3 aromatic rings. The van der Waals surface area contributed by atoms with Crippen LogP contribution < -0.4 is 15.8 Å². The zero-order chi connectivity index (χ0) is 20.1. The third kappa shape index (κ3) is 4.34. The van der Waals surface area contributed by atoms with Crippen LogP contribution in [-0.4, -0.2) is 27.5 Å². The van der Waals surface area contributed by atoms with Gasteiger partial charge in [0.05, 0.1) is 16.6 Å². The molecule has 0 fully saturated rings. The zero-order valence-electron chi connectivity index (χ0n) is 16.7. The Labute approximate surface area is 165 Å². The monoisotopic (exact) mass is 380 g/mol. The maximum atomic E-state index is 12.8. The molecule has 3 N–H and O–H groups in total. The highest BCUT2D eigenvalue weighted by atomic mass is 16.5. The van der Waals surface area contributed by atoms with Gasteiger partial charge in [-0.2, -0.15) is 0 Å². The van der Waals surface area contributed by atoms with Gasteiger partial charge in [0.25, 0.3) is 0 Å². The van der Waals surface area contributed by atoms with Gasteiger partial charge >= 0.3 is 0 Å². The van der Waals surface area contributed by atoms with E-state index in [9.17, 15) is 4.79 Å². The number of fused-ring (bicyclic) bond motifs is 1. The molecule has 0 saturated heterocycles. The third-order valence-corrected chi connectivity index (χ3v) is 5.27. The van der Waals surface area contributed by atoms with Gasteiger partial charge in [0, 0.05) is 6.54 Å². The number of benzene rings is 2. The molecule has 0 aliphatic carbocycles. The molecule has 28 heavy (non-hydrogen) atoms. The van der Waals surface area contributed by atoms with Crippen LogP contribution in [0.25, 0.3) is 11.0 Å². The fourth-order valence-electron chi connectivity index (χ4n) is 3.01. The first-order valence-corrected chi connectivity index (χ1v) is 9.56. The van der Waals surface area contributed by atoms with Gasteiger partial charge in [0.2, 0.25) is 5.91 Å². The quantitative estimate of drug-likeness (QED) is 0.629. The molecular formula is C22H28N4O2. The molecule has 1 heterocycles. The number of carbonyl (C=O) groups is 1. The van der Waals surface area contributed by atoms with Gasteiger partial charge in [-0.1, -0.05) is 44.2 Å². The van der Waals surface area contributed by atoms with Gasteiger partial charge in [-0.3, -0.25) is 4.79 Å². The molecule has 0 bridgehead atoms. The summed E-state index contributed by atoms with van der Waals surface area (Å²) in [6.45, 7) is 6.91. The Morgan fingerprint density at radius 2 is 1.86 bits per heavy atom. The molecule has 1 aromatic heterocycles. The van der Waals surface area contributed by atoms with Crippen LogP contribution >= 0.6 is 0 Å². The minimum atomic E-state index is -0.450. The van der Waals surface area contributed by atoms with Crippen LogP contribution in [0.2, 0.25) is 0 Å². The van der Waals surface area contributed by atoms with Crippen molar-refractivity contribution in [2.75, 3.05) is 6.54 Å². The summed E-state index contributed by atoms with van der Waals surface area (Å²) in [5.74, 6) is 1.60. The number of nitrogens with zero attached hydrogens (tertiary/aromatic N) is 2. The normalized spacial score (nSPS) is 13.5. The van der Waals surface area contributed by atoms with Crippen molar-refractivity contribution in [3.63, 3.8) is 0 Å². The summed E-state index contributed by atoms with van der Waals surface area (Å²) in [4.78, 5) is 17.5. The van der Waals surface area contributed by atoms with Crippen molar-refractivity contribution >= 4 is 16.9 Å². The number of imidazole rings is 1. The number of carbonyl (C=O) groups excluding carboxylic acids is 1. The number of amides is 1. The molecule has 0 saturated carbocycles. The maximum Gasteiger partial charge on any atom is 0.240 e. The van der Waals surface area contributed by atoms with Crippen LogP contribution in [0, 0.1) is 5.92 Å². The van der Waals surface area contributed by atoms with E-state index in [1.165, 1.54) is 0 Å². The number of hydrogen-bond donors (Lipinski definition) is 2. The molecule has 0 aliphatic rings. The smallest absolute Gasteiger partial charge is 0.240 e. The minimum absolute atomic E-state index is 0.0919. The Hall–Kier alpha value is -2.86. The molecule has 0 radical (unpaired) electrons. The maximum absolute atomic E-state index is 12.8. The second kappa shape index (κ2) is 8.44. The van der Waals surface area contributed by atoms with Crippen molar-refractivity contribution in [3.05, 3.63) is 60.4 Å². The van der Waals surface area contributed by atoms with Crippen LogP contribution in [0.1, 0.15) is 26.6 Å². The highest BCUT2D eigenvalue weighted by Gasteiger charge is 2.29. The van der Waals surface area contributed by atoms with Crippen molar-refractivity contribution in [2.24, 2.45) is 11.7 Å². The molecule has 0 spiro atoms. The second-order valence-electron chi connectivity index (χ2n) is 7.53. The van der Waals surface area contributed by atoms with Crippen molar-refractivity contribution in [1.82, 2.24) is 14.9 Å². The predicted molar refractivity (Wildman–Crippen MR) is 111 cm³/mol. The van der Waals surface area contributed by atoms with Gasteiger partial charge in [0.1, 0.15) is 24.7 Å². The number of hydrogen-bond acceptors (Lipinski definition) is 4. The molecule has 1 amide bonds. The first kappa shape index (κ1) is 19.9. The van der Waals surface area contributed by atoms with Gasteiger partial charge in [-0.05, 0) is 37.1 Å². The highest BCUT2D eigenvalue weighted by Crippen LogP contribution is 2.19. The number of nitrogens with one attached hydrogen (secondary N) is 1. The van der Waals surface area contributed by atoms with Gasteiger partial charge in [-0.15, -0.1) is 0 Å². The summed E-state index contributed by atoms with van der Waals surface area (Å²) < 4.78 is 7.78.